The molecule has 0 saturated heterocycles. The van der Waals surface area contributed by atoms with Crippen LogP contribution >= 0.6 is 0 Å². The minimum atomic E-state index is -0.302. The fourth-order valence-electron chi connectivity index (χ4n) is 2.91. The Hall–Kier alpha value is -3.14. The van der Waals surface area contributed by atoms with Crippen molar-refractivity contribution >= 4 is 22.7 Å². The van der Waals surface area contributed by atoms with Gasteiger partial charge in [-0.25, -0.2) is 0 Å². The molecule has 4 heteroatoms. The number of para-hydroxylation sites is 2. The second-order valence-corrected chi connectivity index (χ2v) is 7.22. The van der Waals surface area contributed by atoms with Crippen molar-refractivity contribution in [3.63, 3.8) is 0 Å². The molecule has 0 atom stereocenters. The van der Waals surface area contributed by atoms with E-state index in [1.54, 1.807) is 6.07 Å². The van der Waals surface area contributed by atoms with E-state index in [9.17, 15) is 10.1 Å². The molecule has 0 unspecified atom stereocenters. The number of rotatable bonds is 4. The maximum absolute atomic E-state index is 11.8. The van der Waals surface area contributed by atoms with Gasteiger partial charge in [0.25, 0.3) is 5.69 Å². The first-order valence-electron chi connectivity index (χ1n) is 8.57. The summed E-state index contributed by atoms with van der Waals surface area (Å²) in [5.74, 6) is 0. The van der Waals surface area contributed by atoms with Crippen LogP contribution in [0.25, 0.3) is 0 Å². The maximum atomic E-state index is 11.8. The van der Waals surface area contributed by atoms with Crippen LogP contribution in [0.2, 0.25) is 0 Å². The standard InChI is InChI=1S/C22H22N2O2/c1-22(2,3)17-14-15-20(21(16-17)24(25)26)23(18-10-6-4-7-11-18)19-12-8-5-9-13-19/h4-16H,1-3H3. The predicted molar refractivity (Wildman–Crippen MR) is 106 cm³/mol. The van der Waals surface area contributed by atoms with Crippen LogP contribution in [0.5, 0.6) is 0 Å². The second-order valence-electron chi connectivity index (χ2n) is 7.22. The van der Waals surface area contributed by atoms with Gasteiger partial charge in [0, 0.05) is 17.4 Å². The van der Waals surface area contributed by atoms with Crippen LogP contribution in [0.1, 0.15) is 26.3 Å². The fourth-order valence-corrected chi connectivity index (χ4v) is 2.91. The maximum Gasteiger partial charge on any atom is 0.293 e. The van der Waals surface area contributed by atoms with Gasteiger partial charge in [-0.15, -0.1) is 0 Å². The molecule has 0 saturated carbocycles. The summed E-state index contributed by atoms with van der Waals surface area (Å²) in [5.41, 5.74) is 3.20. The molecule has 0 aromatic heterocycles. The lowest BCUT2D eigenvalue weighted by atomic mass is 9.86. The normalized spacial score (nSPS) is 11.2. The number of anilines is 3. The molecule has 26 heavy (non-hydrogen) atoms. The average molecular weight is 346 g/mol. The van der Waals surface area contributed by atoms with E-state index >= 15 is 0 Å². The smallest absolute Gasteiger partial charge is 0.293 e. The van der Waals surface area contributed by atoms with Crippen molar-refractivity contribution in [3.05, 3.63) is 94.5 Å². The molecule has 0 fully saturated rings. The minimum absolute atomic E-state index is 0.102. The van der Waals surface area contributed by atoms with Crippen molar-refractivity contribution in [2.24, 2.45) is 0 Å². The van der Waals surface area contributed by atoms with Crippen molar-refractivity contribution in [2.45, 2.75) is 26.2 Å². The Balaban J connectivity index is 2.23. The average Bonchev–Trinajstić information content (AvgIpc) is 2.63. The third-order valence-electron chi connectivity index (χ3n) is 4.31. The SMILES string of the molecule is CC(C)(C)c1ccc(N(c2ccccc2)c2ccccc2)c([N+](=O)[O-])c1. The Bertz CT molecular complexity index is 861. The highest BCUT2D eigenvalue weighted by Gasteiger charge is 2.25. The Morgan fingerprint density at radius 2 is 1.31 bits per heavy atom. The van der Waals surface area contributed by atoms with Gasteiger partial charge in [-0.1, -0.05) is 63.2 Å². The largest absolute Gasteiger partial charge is 0.304 e. The van der Waals surface area contributed by atoms with E-state index in [0.29, 0.717) is 5.69 Å². The van der Waals surface area contributed by atoms with Crippen molar-refractivity contribution in [1.29, 1.82) is 0 Å². The zero-order chi connectivity index (χ0) is 18.7. The fraction of sp³-hybridized carbons (Fsp3) is 0.182. The van der Waals surface area contributed by atoms with E-state index in [-0.39, 0.29) is 16.0 Å². The molecule has 0 radical (unpaired) electrons. The Morgan fingerprint density at radius 3 is 1.73 bits per heavy atom. The van der Waals surface area contributed by atoms with E-state index in [1.807, 2.05) is 77.7 Å². The van der Waals surface area contributed by atoms with Gasteiger partial charge in [-0.2, -0.15) is 0 Å². The summed E-state index contributed by atoms with van der Waals surface area (Å²) < 4.78 is 0. The van der Waals surface area contributed by atoms with E-state index < -0.39 is 0 Å². The second kappa shape index (κ2) is 7.00. The molecule has 3 rings (SSSR count). The van der Waals surface area contributed by atoms with Gasteiger partial charge in [0.1, 0.15) is 5.69 Å². The summed E-state index contributed by atoms with van der Waals surface area (Å²) in [7, 11) is 0. The zero-order valence-corrected chi connectivity index (χ0v) is 15.2. The van der Waals surface area contributed by atoms with Crippen molar-refractivity contribution in [2.75, 3.05) is 4.90 Å². The monoisotopic (exact) mass is 346 g/mol. The van der Waals surface area contributed by atoms with E-state index in [0.717, 1.165) is 16.9 Å². The van der Waals surface area contributed by atoms with Crippen LogP contribution in [-0.2, 0) is 5.41 Å². The highest BCUT2D eigenvalue weighted by Crippen LogP contribution is 2.41. The molecule has 0 aliphatic rings. The number of nitrogens with zero attached hydrogens (tertiary/aromatic N) is 2. The topological polar surface area (TPSA) is 46.4 Å². The summed E-state index contributed by atoms with van der Waals surface area (Å²) in [6, 6.07) is 24.9. The van der Waals surface area contributed by atoms with Crippen LogP contribution in [0, 0.1) is 10.1 Å². The number of hydrogen-bond donors (Lipinski definition) is 0. The van der Waals surface area contributed by atoms with Crippen molar-refractivity contribution in [3.8, 4) is 0 Å². The Labute approximate surface area is 153 Å². The van der Waals surface area contributed by atoms with Gasteiger partial charge in [0.2, 0.25) is 0 Å². The number of nitro groups is 1. The highest BCUT2D eigenvalue weighted by atomic mass is 16.6. The summed E-state index contributed by atoms with van der Waals surface area (Å²) in [6.07, 6.45) is 0. The van der Waals surface area contributed by atoms with Gasteiger partial charge in [-0.3, -0.25) is 10.1 Å². The lowest BCUT2D eigenvalue weighted by Crippen LogP contribution is -2.15. The summed E-state index contributed by atoms with van der Waals surface area (Å²) in [4.78, 5) is 13.5. The van der Waals surface area contributed by atoms with Crippen LogP contribution < -0.4 is 4.90 Å². The minimum Gasteiger partial charge on any atom is -0.304 e. The summed E-state index contributed by atoms with van der Waals surface area (Å²) in [5, 5.41) is 11.8. The molecule has 3 aromatic rings. The highest BCUT2D eigenvalue weighted by molar-refractivity contribution is 5.82. The molecule has 4 nitrogen and oxygen atoms in total. The lowest BCUT2D eigenvalue weighted by Gasteiger charge is -2.26. The van der Waals surface area contributed by atoms with Crippen LogP contribution in [-0.4, -0.2) is 4.92 Å². The van der Waals surface area contributed by atoms with Crippen molar-refractivity contribution in [1.82, 2.24) is 0 Å². The number of benzene rings is 3. The summed E-state index contributed by atoms with van der Waals surface area (Å²) in [6.45, 7) is 6.16. The molecule has 0 spiro atoms. The predicted octanol–water partition coefficient (Wildman–Crippen LogP) is 6.36. The molecular formula is C22H22N2O2. The molecule has 0 amide bonds. The van der Waals surface area contributed by atoms with E-state index in [2.05, 4.69) is 20.8 Å². The van der Waals surface area contributed by atoms with Crippen LogP contribution in [0.3, 0.4) is 0 Å². The first kappa shape index (κ1) is 17.7. The number of nitro benzene ring substituents is 1. The molecule has 0 heterocycles. The van der Waals surface area contributed by atoms with Gasteiger partial charge in [-0.05, 0) is 41.3 Å². The summed E-state index contributed by atoms with van der Waals surface area (Å²) >= 11 is 0. The first-order chi connectivity index (χ1) is 12.4. The number of hydrogen-bond acceptors (Lipinski definition) is 3. The van der Waals surface area contributed by atoms with Crippen LogP contribution in [0.15, 0.2) is 78.9 Å². The lowest BCUT2D eigenvalue weighted by molar-refractivity contribution is -0.384. The molecule has 3 aromatic carbocycles. The molecule has 0 bridgehead atoms. The zero-order valence-electron chi connectivity index (χ0n) is 15.2. The molecule has 0 aliphatic heterocycles. The van der Waals surface area contributed by atoms with Gasteiger partial charge in [0.15, 0.2) is 0 Å². The first-order valence-corrected chi connectivity index (χ1v) is 8.57. The Morgan fingerprint density at radius 1 is 0.808 bits per heavy atom. The third kappa shape index (κ3) is 3.59. The third-order valence-corrected chi connectivity index (χ3v) is 4.31. The molecule has 0 aliphatic carbocycles. The quantitative estimate of drug-likeness (QED) is 0.408. The molecular weight excluding hydrogens is 324 g/mol. The van der Waals surface area contributed by atoms with Gasteiger partial charge >= 0.3 is 0 Å². The molecule has 0 N–H and O–H groups in total. The molecule has 132 valence electrons. The van der Waals surface area contributed by atoms with Crippen molar-refractivity contribution < 1.29 is 4.92 Å². The van der Waals surface area contributed by atoms with Gasteiger partial charge in [0.05, 0.1) is 4.92 Å². The van der Waals surface area contributed by atoms with E-state index in [1.165, 1.54) is 0 Å². The van der Waals surface area contributed by atoms with Gasteiger partial charge < -0.3 is 4.90 Å². The van der Waals surface area contributed by atoms with E-state index in [4.69, 9.17) is 0 Å². The Kier molecular flexibility index (Phi) is 4.76. The van der Waals surface area contributed by atoms with Crippen LogP contribution in [0.4, 0.5) is 22.7 Å².